The molecule has 0 aromatic rings. The Morgan fingerprint density at radius 1 is 0.533 bits per heavy atom. The molecule has 0 aromatic carbocycles. The molecule has 60 heavy (non-hydrogen) atoms. The fourth-order valence-electron chi connectivity index (χ4n) is 6.83. The lowest BCUT2D eigenvalue weighted by Gasteiger charge is -2.41. The van der Waals surface area contributed by atoms with Crippen LogP contribution in [0.3, 0.4) is 0 Å². The highest BCUT2D eigenvalue weighted by atomic mass is 31.2. The molecule has 0 spiro atoms. The summed E-state index contributed by atoms with van der Waals surface area (Å²) in [5, 5.41) is 50.1. The van der Waals surface area contributed by atoms with Gasteiger partial charge in [0.2, 0.25) is 0 Å². The van der Waals surface area contributed by atoms with Gasteiger partial charge in [-0.25, -0.2) is 4.57 Å². The Labute approximate surface area is 360 Å². The normalized spacial score (nSPS) is 22.6. The highest BCUT2D eigenvalue weighted by Gasteiger charge is 2.51. The molecular formula is C46H81O13P. The zero-order valence-electron chi connectivity index (χ0n) is 36.7. The van der Waals surface area contributed by atoms with Gasteiger partial charge < -0.3 is 39.9 Å². The second-order valence-corrected chi connectivity index (χ2v) is 17.4. The summed E-state index contributed by atoms with van der Waals surface area (Å²) in [6, 6.07) is 0. The van der Waals surface area contributed by atoms with Crippen LogP contribution in [-0.2, 0) is 32.7 Å². The number of hydrogen-bond donors (Lipinski definition) is 6. The van der Waals surface area contributed by atoms with Crippen molar-refractivity contribution in [2.45, 2.75) is 217 Å². The van der Waals surface area contributed by atoms with Crippen LogP contribution < -0.4 is 0 Å². The molecule has 1 fully saturated rings. The van der Waals surface area contributed by atoms with Crippen molar-refractivity contribution in [3.05, 3.63) is 48.6 Å². The number of carbonyl (C=O) groups excluding carboxylic acids is 2. The van der Waals surface area contributed by atoms with Gasteiger partial charge in [0.1, 0.15) is 43.2 Å². The first kappa shape index (κ1) is 55.8. The second-order valence-electron chi connectivity index (χ2n) is 16.0. The fraction of sp³-hybridized carbons (Fsp3) is 0.783. The van der Waals surface area contributed by atoms with Crippen molar-refractivity contribution in [1.82, 2.24) is 0 Å². The number of hydrogen-bond acceptors (Lipinski definition) is 12. The van der Waals surface area contributed by atoms with Crippen LogP contribution in [0, 0.1) is 0 Å². The summed E-state index contributed by atoms with van der Waals surface area (Å²) >= 11 is 0. The van der Waals surface area contributed by atoms with Gasteiger partial charge in [0, 0.05) is 12.8 Å². The van der Waals surface area contributed by atoms with Gasteiger partial charge >= 0.3 is 19.8 Å². The standard InChI is InChI=1S/C46H81O13P/c1-3-5-7-9-11-13-15-17-19-21-23-25-27-29-31-33-35-40(48)58-38(37-57-60(54,55)59-46-44(52)42(50)41(49)43(51)45(46)53)36-56-39(47)34-32-30-28-26-24-22-20-18-16-14-12-10-8-6-4-2/h6,8,10,12,14,16,18,20,38,41-46,49-53H,3-5,7,9,11,13,15,17,19,21-37H2,1-2H3,(H,54,55)/b8-6+,12-10+,16-14+,20-18+/t38-,41?,42-,43?,44?,45?,46?/m1/s1. The average molecular weight is 873 g/mol. The van der Waals surface area contributed by atoms with Gasteiger partial charge in [-0.15, -0.1) is 0 Å². The third-order valence-electron chi connectivity index (χ3n) is 10.5. The van der Waals surface area contributed by atoms with Gasteiger partial charge in [-0.05, 0) is 32.1 Å². The van der Waals surface area contributed by atoms with Crippen LogP contribution in [-0.4, -0.2) is 98.3 Å². The van der Waals surface area contributed by atoms with E-state index in [4.69, 9.17) is 18.5 Å². The minimum atomic E-state index is -5.12. The van der Waals surface area contributed by atoms with Gasteiger partial charge in [0.25, 0.3) is 0 Å². The van der Waals surface area contributed by atoms with Gasteiger partial charge in [-0.1, -0.05) is 178 Å². The first-order valence-corrected chi connectivity index (χ1v) is 24.5. The molecule has 0 amide bonds. The predicted molar refractivity (Wildman–Crippen MR) is 235 cm³/mol. The highest BCUT2D eigenvalue weighted by Crippen LogP contribution is 2.47. The Bertz CT molecular complexity index is 1240. The summed E-state index contributed by atoms with van der Waals surface area (Å²) in [6.45, 7) is 3.14. The molecular weight excluding hydrogens is 791 g/mol. The van der Waals surface area contributed by atoms with Crippen molar-refractivity contribution in [2.24, 2.45) is 0 Å². The topological polar surface area (TPSA) is 210 Å². The molecule has 13 nitrogen and oxygen atoms in total. The minimum Gasteiger partial charge on any atom is -0.462 e. The van der Waals surface area contributed by atoms with Crippen LogP contribution in [0.4, 0.5) is 0 Å². The van der Waals surface area contributed by atoms with Gasteiger partial charge in [0.15, 0.2) is 6.10 Å². The molecule has 1 aliphatic rings. The van der Waals surface area contributed by atoms with Crippen molar-refractivity contribution < 1.29 is 63.1 Å². The third kappa shape index (κ3) is 28.4. The van der Waals surface area contributed by atoms with E-state index < -0.39 is 75.7 Å². The van der Waals surface area contributed by atoms with E-state index in [-0.39, 0.29) is 12.8 Å². The van der Waals surface area contributed by atoms with Crippen molar-refractivity contribution in [1.29, 1.82) is 0 Å². The van der Waals surface area contributed by atoms with Crippen molar-refractivity contribution in [3.63, 3.8) is 0 Å². The van der Waals surface area contributed by atoms with Gasteiger partial charge in [-0.2, -0.15) is 0 Å². The van der Waals surface area contributed by atoms with Crippen molar-refractivity contribution in [2.75, 3.05) is 13.2 Å². The van der Waals surface area contributed by atoms with Crippen LogP contribution in [0.25, 0.3) is 0 Å². The molecule has 1 saturated carbocycles. The molecule has 8 atom stereocenters. The van der Waals surface area contributed by atoms with Crippen molar-refractivity contribution >= 4 is 19.8 Å². The van der Waals surface area contributed by atoms with Crippen LogP contribution in [0.1, 0.15) is 174 Å². The molecule has 1 rings (SSSR count). The summed E-state index contributed by atoms with van der Waals surface area (Å²) in [6.07, 6.45) is 28.8. The molecule has 1 aliphatic carbocycles. The molecule has 0 saturated heterocycles. The lowest BCUT2D eigenvalue weighted by Crippen LogP contribution is -2.64. The SMILES string of the molecule is CC/C=C/C=C/C=C/C=C/CCCCCCCC(=O)OC[C@H](COP(=O)(O)OC1C(O)C(O)C(O)[C@@H](O)C1O)OC(=O)CCCCCCCCCCCCCCCCCC. The molecule has 0 heterocycles. The van der Waals surface area contributed by atoms with E-state index in [0.717, 1.165) is 64.2 Å². The van der Waals surface area contributed by atoms with E-state index in [9.17, 15) is 44.6 Å². The Balaban J connectivity index is 2.47. The van der Waals surface area contributed by atoms with E-state index >= 15 is 0 Å². The van der Waals surface area contributed by atoms with Gasteiger partial charge in [-0.3, -0.25) is 18.6 Å². The molecule has 0 radical (unpaired) electrons. The summed E-state index contributed by atoms with van der Waals surface area (Å²) in [5.41, 5.74) is 0. The molecule has 6 N–H and O–H groups in total. The molecule has 0 bridgehead atoms. The zero-order chi connectivity index (χ0) is 44.3. The lowest BCUT2D eigenvalue weighted by atomic mass is 9.85. The predicted octanol–water partition coefficient (Wildman–Crippen LogP) is 8.78. The Kier molecular flexibility index (Phi) is 33.8. The van der Waals surface area contributed by atoms with Gasteiger partial charge in [0.05, 0.1) is 6.61 Å². The quantitative estimate of drug-likeness (QED) is 0.0149. The summed E-state index contributed by atoms with van der Waals surface area (Å²) in [7, 11) is -5.12. The Hall–Kier alpha value is -2.19. The van der Waals surface area contributed by atoms with Crippen LogP contribution in [0.2, 0.25) is 0 Å². The molecule has 6 unspecified atom stereocenters. The largest absolute Gasteiger partial charge is 0.472 e. The number of unbranched alkanes of at least 4 members (excludes halogenated alkanes) is 20. The van der Waals surface area contributed by atoms with E-state index in [1.807, 2.05) is 36.5 Å². The molecule has 14 heteroatoms. The number of phosphoric ester groups is 1. The lowest BCUT2D eigenvalue weighted by molar-refractivity contribution is -0.220. The number of esters is 2. The number of aliphatic hydroxyl groups is 5. The Morgan fingerprint density at radius 3 is 1.45 bits per heavy atom. The monoisotopic (exact) mass is 873 g/mol. The fourth-order valence-corrected chi connectivity index (χ4v) is 7.80. The Morgan fingerprint density at radius 2 is 0.950 bits per heavy atom. The highest BCUT2D eigenvalue weighted by molar-refractivity contribution is 7.47. The maximum Gasteiger partial charge on any atom is 0.472 e. The van der Waals surface area contributed by atoms with E-state index in [1.165, 1.54) is 70.6 Å². The number of phosphoric acid groups is 1. The average Bonchev–Trinajstić information content (AvgIpc) is 3.23. The minimum absolute atomic E-state index is 0.0928. The number of aliphatic hydroxyl groups excluding tert-OH is 5. The number of ether oxygens (including phenoxy) is 2. The zero-order valence-corrected chi connectivity index (χ0v) is 37.6. The third-order valence-corrected chi connectivity index (χ3v) is 11.5. The number of carbonyl (C=O) groups is 2. The maximum absolute atomic E-state index is 12.8. The smallest absolute Gasteiger partial charge is 0.462 e. The summed E-state index contributed by atoms with van der Waals surface area (Å²) < 4.78 is 33.5. The van der Waals surface area contributed by atoms with E-state index in [0.29, 0.717) is 12.8 Å². The molecule has 0 aromatic heterocycles. The summed E-state index contributed by atoms with van der Waals surface area (Å²) in [5.74, 6) is -1.12. The molecule has 348 valence electrons. The van der Waals surface area contributed by atoms with Crippen LogP contribution in [0.15, 0.2) is 48.6 Å². The summed E-state index contributed by atoms with van der Waals surface area (Å²) in [4.78, 5) is 35.7. The van der Waals surface area contributed by atoms with E-state index in [1.54, 1.807) is 0 Å². The van der Waals surface area contributed by atoms with Crippen LogP contribution in [0.5, 0.6) is 0 Å². The maximum atomic E-state index is 12.8. The number of rotatable bonds is 37. The second kappa shape index (κ2) is 36.3. The first-order chi connectivity index (χ1) is 28.9. The van der Waals surface area contributed by atoms with Crippen molar-refractivity contribution in [3.8, 4) is 0 Å². The number of allylic oxidation sites excluding steroid dienone is 8. The first-order valence-electron chi connectivity index (χ1n) is 23.0. The molecule has 0 aliphatic heterocycles. The van der Waals surface area contributed by atoms with Crippen LogP contribution >= 0.6 is 7.82 Å². The van der Waals surface area contributed by atoms with E-state index in [2.05, 4.69) is 26.0 Å².